The Bertz CT molecular complexity index is 1340. The van der Waals surface area contributed by atoms with Crippen LogP contribution in [0.5, 0.6) is 5.75 Å². The molecule has 8 heteroatoms. The van der Waals surface area contributed by atoms with Crippen molar-refractivity contribution in [2.45, 2.75) is 13.0 Å². The summed E-state index contributed by atoms with van der Waals surface area (Å²) in [5.41, 5.74) is 2.30. The number of ether oxygens (including phenoxy) is 1. The van der Waals surface area contributed by atoms with E-state index in [1.165, 1.54) is 23.5 Å². The number of carbonyl (C=O) groups excluding carboxylic acids is 2. The van der Waals surface area contributed by atoms with Crippen LogP contribution in [0.25, 0.3) is 10.2 Å². The van der Waals surface area contributed by atoms with E-state index in [9.17, 15) is 14.0 Å². The van der Waals surface area contributed by atoms with Gasteiger partial charge in [-0.1, -0.05) is 41.7 Å². The molecule has 1 saturated heterocycles. The van der Waals surface area contributed by atoms with Crippen molar-refractivity contribution in [2.24, 2.45) is 5.92 Å². The maximum absolute atomic E-state index is 13.8. The van der Waals surface area contributed by atoms with E-state index in [0.29, 0.717) is 23.1 Å². The van der Waals surface area contributed by atoms with E-state index in [1.807, 2.05) is 48.5 Å². The average molecular weight is 476 g/mol. The zero-order valence-corrected chi connectivity index (χ0v) is 19.3. The molecule has 1 unspecified atom stereocenters. The third kappa shape index (κ3) is 4.36. The lowest BCUT2D eigenvalue weighted by atomic mass is 10.1. The van der Waals surface area contributed by atoms with Gasteiger partial charge in [-0.2, -0.15) is 0 Å². The standard InChI is InChI=1S/C26H22FN3O3S/c1-33-21-11-12-23-22(14-21)28-26(34-23)30(15-17-5-3-2-4-6-17)25(32)18-13-24(31)29(16-18)20-9-7-19(27)8-10-20/h2-12,14,18H,13,15-16H2,1H3. The van der Waals surface area contributed by atoms with E-state index in [4.69, 9.17) is 9.72 Å². The number of benzene rings is 3. The van der Waals surface area contributed by atoms with Gasteiger partial charge in [0, 0.05) is 24.7 Å². The highest BCUT2D eigenvalue weighted by molar-refractivity contribution is 7.22. The number of hydrogen-bond donors (Lipinski definition) is 0. The van der Waals surface area contributed by atoms with Gasteiger partial charge in [-0.05, 0) is 42.0 Å². The van der Waals surface area contributed by atoms with Gasteiger partial charge < -0.3 is 9.64 Å². The van der Waals surface area contributed by atoms with Crippen LogP contribution in [0.2, 0.25) is 0 Å². The summed E-state index contributed by atoms with van der Waals surface area (Å²) in [6.07, 6.45) is 0.0974. The first-order chi connectivity index (χ1) is 16.5. The molecule has 0 aliphatic carbocycles. The van der Waals surface area contributed by atoms with E-state index in [2.05, 4.69) is 0 Å². The fourth-order valence-electron chi connectivity index (χ4n) is 4.11. The maximum atomic E-state index is 13.8. The minimum atomic E-state index is -0.525. The van der Waals surface area contributed by atoms with Crippen LogP contribution in [-0.4, -0.2) is 30.5 Å². The Balaban J connectivity index is 1.46. The molecule has 1 aliphatic rings. The minimum Gasteiger partial charge on any atom is -0.497 e. The molecule has 0 N–H and O–H groups in total. The third-order valence-electron chi connectivity index (χ3n) is 5.88. The molecule has 0 bridgehead atoms. The Labute approximate surface area is 200 Å². The number of thiazole rings is 1. The van der Waals surface area contributed by atoms with Gasteiger partial charge in [0.2, 0.25) is 11.8 Å². The molecule has 5 rings (SSSR count). The Kier molecular flexibility index (Phi) is 5.98. The molecule has 3 aromatic carbocycles. The number of fused-ring (bicyclic) bond motifs is 1. The van der Waals surface area contributed by atoms with E-state index in [1.54, 1.807) is 29.0 Å². The first kappa shape index (κ1) is 22.0. The molecule has 1 aliphatic heterocycles. The van der Waals surface area contributed by atoms with Crippen LogP contribution in [0.3, 0.4) is 0 Å². The molecule has 1 atom stereocenters. The topological polar surface area (TPSA) is 62.7 Å². The summed E-state index contributed by atoms with van der Waals surface area (Å²) in [5.74, 6) is -0.513. The molecule has 34 heavy (non-hydrogen) atoms. The van der Waals surface area contributed by atoms with Gasteiger partial charge in [0.05, 0.1) is 29.8 Å². The van der Waals surface area contributed by atoms with Crippen molar-refractivity contribution in [3.63, 3.8) is 0 Å². The lowest BCUT2D eigenvalue weighted by Crippen LogP contribution is -2.37. The average Bonchev–Trinajstić information content (AvgIpc) is 3.46. The van der Waals surface area contributed by atoms with Crippen molar-refractivity contribution < 1.29 is 18.7 Å². The normalized spacial score (nSPS) is 15.6. The van der Waals surface area contributed by atoms with Crippen LogP contribution in [0.15, 0.2) is 72.8 Å². The third-order valence-corrected chi connectivity index (χ3v) is 6.94. The highest BCUT2D eigenvalue weighted by atomic mass is 32.1. The number of halogens is 1. The Morgan fingerprint density at radius 3 is 2.65 bits per heavy atom. The Hall–Kier alpha value is -3.78. The first-order valence-corrected chi connectivity index (χ1v) is 11.7. The van der Waals surface area contributed by atoms with E-state index < -0.39 is 5.92 Å². The number of nitrogens with zero attached hydrogens (tertiary/aromatic N) is 3. The van der Waals surface area contributed by atoms with Crippen LogP contribution in [-0.2, 0) is 16.1 Å². The lowest BCUT2D eigenvalue weighted by molar-refractivity contribution is -0.124. The summed E-state index contributed by atoms with van der Waals surface area (Å²) in [6.45, 7) is 0.588. The van der Waals surface area contributed by atoms with Crippen molar-refractivity contribution in [2.75, 3.05) is 23.5 Å². The number of methoxy groups -OCH3 is 1. The van der Waals surface area contributed by atoms with Crippen molar-refractivity contribution in [1.82, 2.24) is 4.98 Å². The molecule has 0 spiro atoms. The first-order valence-electron chi connectivity index (χ1n) is 10.9. The van der Waals surface area contributed by atoms with E-state index in [0.717, 1.165) is 15.8 Å². The molecule has 1 aromatic heterocycles. The summed E-state index contributed by atoms with van der Waals surface area (Å²) in [7, 11) is 1.60. The number of amides is 2. The summed E-state index contributed by atoms with van der Waals surface area (Å²) in [4.78, 5) is 34.4. The summed E-state index contributed by atoms with van der Waals surface area (Å²) >= 11 is 1.43. The second kappa shape index (κ2) is 9.23. The van der Waals surface area contributed by atoms with Gasteiger partial charge in [-0.3, -0.25) is 14.5 Å². The quantitative estimate of drug-likeness (QED) is 0.392. The molecule has 172 valence electrons. The second-order valence-corrected chi connectivity index (χ2v) is 9.13. The van der Waals surface area contributed by atoms with Gasteiger partial charge in [0.25, 0.3) is 0 Å². The SMILES string of the molecule is COc1ccc2sc(N(Cc3ccccc3)C(=O)C3CC(=O)N(c4ccc(F)cc4)C3)nc2c1. The Morgan fingerprint density at radius 1 is 1.15 bits per heavy atom. The highest BCUT2D eigenvalue weighted by Gasteiger charge is 2.38. The Morgan fingerprint density at radius 2 is 1.91 bits per heavy atom. The number of rotatable bonds is 6. The maximum Gasteiger partial charge on any atom is 0.234 e. The zero-order valence-electron chi connectivity index (χ0n) is 18.5. The number of aromatic nitrogens is 1. The number of anilines is 2. The molecule has 4 aromatic rings. The van der Waals surface area contributed by atoms with Crippen molar-refractivity contribution in [3.05, 3.63) is 84.2 Å². The monoisotopic (exact) mass is 475 g/mol. The molecule has 1 fully saturated rings. The van der Waals surface area contributed by atoms with Gasteiger partial charge in [0.15, 0.2) is 5.13 Å². The zero-order chi connectivity index (χ0) is 23.7. The van der Waals surface area contributed by atoms with E-state index in [-0.39, 0.29) is 30.6 Å². The van der Waals surface area contributed by atoms with Crippen LogP contribution in [0, 0.1) is 11.7 Å². The van der Waals surface area contributed by atoms with Gasteiger partial charge >= 0.3 is 0 Å². The van der Waals surface area contributed by atoms with Crippen LogP contribution in [0.1, 0.15) is 12.0 Å². The fourth-order valence-corrected chi connectivity index (χ4v) is 5.06. The fraction of sp³-hybridized carbons (Fsp3) is 0.192. The molecular weight excluding hydrogens is 453 g/mol. The highest BCUT2D eigenvalue weighted by Crippen LogP contribution is 2.34. The number of hydrogen-bond acceptors (Lipinski definition) is 5. The molecule has 2 heterocycles. The smallest absolute Gasteiger partial charge is 0.234 e. The van der Waals surface area contributed by atoms with Crippen molar-refractivity contribution in [3.8, 4) is 5.75 Å². The van der Waals surface area contributed by atoms with Gasteiger partial charge in [-0.25, -0.2) is 9.37 Å². The molecule has 2 amide bonds. The molecule has 0 saturated carbocycles. The summed E-state index contributed by atoms with van der Waals surface area (Å²) in [6, 6.07) is 21.1. The minimum absolute atomic E-state index is 0.0974. The van der Waals surface area contributed by atoms with Gasteiger partial charge in [0.1, 0.15) is 11.6 Å². The summed E-state index contributed by atoms with van der Waals surface area (Å²) < 4.78 is 19.6. The lowest BCUT2D eigenvalue weighted by Gasteiger charge is -2.23. The predicted octanol–water partition coefficient (Wildman–Crippen LogP) is 5.03. The second-order valence-electron chi connectivity index (χ2n) is 8.12. The molecule has 0 radical (unpaired) electrons. The van der Waals surface area contributed by atoms with Crippen molar-refractivity contribution in [1.29, 1.82) is 0 Å². The largest absolute Gasteiger partial charge is 0.497 e. The van der Waals surface area contributed by atoms with Crippen LogP contribution >= 0.6 is 11.3 Å². The summed E-state index contributed by atoms with van der Waals surface area (Å²) in [5, 5.41) is 0.574. The van der Waals surface area contributed by atoms with Gasteiger partial charge in [-0.15, -0.1) is 0 Å². The van der Waals surface area contributed by atoms with Crippen LogP contribution in [0.4, 0.5) is 15.2 Å². The predicted molar refractivity (Wildman–Crippen MR) is 131 cm³/mol. The number of carbonyl (C=O) groups is 2. The van der Waals surface area contributed by atoms with E-state index >= 15 is 0 Å². The molecular formula is C26H22FN3O3S. The van der Waals surface area contributed by atoms with Crippen LogP contribution < -0.4 is 14.5 Å². The molecule has 6 nitrogen and oxygen atoms in total. The van der Waals surface area contributed by atoms with Crippen molar-refractivity contribution >= 4 is 44.2 Å².